The van der Waals surface area contributed by atoms with E-state index in [2.05, 4.69) is 48.3 Å². The minimum Gasteiger partial charge on any atom is -0.338 e. The van der Waals surface area contributed by atoms with Crippen molar-refractivity contribution in [2.24, 2.45) is 5.92 Å². The summed E-state index contributed by atoms with van der Waals surface area (Å²) in [6, 6.07) is 8.39. The molecule has 1 aromatic carbocycles. The molecule has 4 heteroatoms. The number of hydrogen-bond acceptors (Lipinski definition) is 4. The summed E-state index contributed by atoms with van der Waals surface area (Å²) in [7, 11) is 3.95. The van der Waals surface area contributed by atoms with Gasteiger partial charge in [-0.2, -0.15) is 4.98 Å². The lowest BCUT2D eigenvalue weighted by molar-refractivity contribution is 0.303. The third-order valence-electron chi connectivity index (χ3n) is 2.78. The van der Waals surface area contributed by atoms with Gasteiger partial charge in [0.25, 0.3) is 0 Å². The minimum absolute atomic E-state index is 0.645. The summed E-state index contributed by atoms with van der Waals surface area (Å²) in [5.41, 5.74) is 2.34. The molecule has 0 aliphatic carbocycles. The van der Waals surface area contributed by atoms with Crippen LogP contribution in [0.4, 0.5) is 0 Å². The van der Waals surface area contributed by atoms with Gasteiger partial charge in [0.1, 0.15) is 0 Å². The molecule has 19 heavy (non-hydrogen) atoms. The fourth-order valence-electron chi connectivity index (χ4n) is 1.97. The first-order valence-electron chi connectivity index (χ1n) is 6.61. The van der Waals surface area contributed by atoms with E-state index in [1.165, 1.54) is 5.56 Å². The van der Waals surface area contributed by atoms with Crippen molar-refractivity contribution in [2.45, 2.75) is 26.8 Å². The molecular formula is C15H21N3O. The fraction of sp³-hybridized carbons (Fsp3) is 0.467. The Bertz CT molecular complexity index is 514. The summed E-state index contributed by atoms with van der Waals surface area (Å²) in [4.78, 5) is 6.39. The number of nitrogens with zero attached hydrogens (tertiary/aromatic N) is 3. The molecule has 0 bridgehead atoms. The molecule has 0 atom stereocenters. The lowest BCUT2D eigenvalue weighted by Crippen LogP contribution is -2.10. The van der Waals surface area contributed by atoms with Crippen LogP contribution in [0, 0.1) is 5.92 Å². The fourth-order valence-corrected chi connectivity index (χ4v) is 1.97. The molecule has 0 saturated heterocycles. The van der Waals surface area contributed by atoms with Gasteiger partial charge in [-0.05, 0) is 32.0 Å². The molecule has 2 rings (SSSR count). The predicted octanol–water partition coefficient (Wildman–Crippen LogP) is 3.00. The SMILES string of the molecule is CC(C)Cc1ccc(-c2noc(CN(C)C)n2)cc1. The summed E-state index contributed by atoms with van der Waals surface area (Å²) in [6.45, 7) is 5.11. The molecule has 0 unspecified atom stereocenters. The van der Waals surface area contributed by atoms with Crippen molar-refractivity contribution in [3.8, 4) is 11.4 Å². The van der Waals surface area contributed by atoms with Crippen molar-refractivity contribution in [1.29, 1.82) is 0 Å². The maximum absolute atomic E-state index is 5.22. The summed E-state index contributed by atoms with van der Waals surface area (Å²) in [5.74, 6) is 1.97. The van der Waals surface area contributed by atoms with Gasteiger partial charge in [-0.25, -0.2) is 0 Å². The number of aromatic nitrogens is 2. The highest BCUT2D eigenvalue weighted by atomic mass is 16.5. The topological polar surface area (TPSA) is 42.2 Å². The van der Waals surface area contributed by atoms with Gasteiger partial charge < -0.3 is 9.42 Å². The molecule has 0 fully saturated rings. The summed E-state index contributed by atoms with van der Waals surface area (Å²) >= 11 is 0. The van der Waals surface area contributed by atoms with Crippen LogP contribution in [0.1, 0.15) is 25.3 Å². The van der Waals surface area contributed by atoms with Crippen LogP contribution in [0.25, 0.3) is 11.4 Å². The van der Waals surface area contributed by atoms with E-state index < -0.39 is 0 Å². The van der Waals surface area contributed by atoms with Gasteiger partial charge in [0, 0.05) is 5.56 Å². The molecule has 1 aromatic heterocycles. The summed E-state index contributed by atoms with van der Waals surface area (Å²) in [6.07, 6.45) is 1.10. The van der Waals surface area contributed by atoms with E-state index in [0.717, 1.165) is 12.0 Å². The Morgan fingerprint density at radius 1 is 1.16 bits per heavy atom. The Kier molecular flexibility index (Phi) is 4.32. The molecule has 1 heterocycles. The second-order valence-corrected chi connectivity index (χ2v) is 5.54. The van der Waals surface area contributed by atoms with Crippen LogP contribution in [0.5, 0.6) is 0 Å². The number of benzene rings is 1. The molecule has 0 aliphatic rings. The Hall–Kier alpha value is -1.68. The van der Waals surface area contributed by atoms with Gasteiger partial charge in [0.2, 0.25) is 11.7 Å². The number of rotatable bonds is 5. The molecule has 0 amide bonds. The largest absolute Gasteiger partial charge is 0.338 e. The highest BCUT2D eigenvalue weighted by Gasteiger charge is 2.09. The van der Waals surface area contributed by atoms with Crippen LogP contribution in [0.2, 0.25) is 0 Å². The van der Waals surface area contributed by atoms with Gasteiger partial charge in [-0.3, -0.25) is 0 Å². The molecule has 0 spiro atoms. The monoisotopic (exact) mass is 259 g/mol. The minimum atomic E-state index is 0.645. The summed E-state index contributed by atoms with van der Waals surface area (Å²) < 4.78 is 5.22. The van der Waals surface area contributed by atoms with E-state index in [0.29, 0.717) is 24.2 Å². The van der Waals surface area contributed by atoms with Crippen molar-refractivity contribution in [2.75, 3.05) is 14.1 Å². The lowest BCUT2D eigenvalue weighted by atomic mass is 10.0. The third kappa shape index (κ3) is 3.89. The van der Waals surface area contributed by atoms with E-state index in [1.807, 2.05) is 19.0 Å². The van der Waals surface area contributed by atoms with Crippen molar-refractivity contribution < 1.29 is 4.52 Å². The molecular weight excluding hydrogens is 238 g/mol. The smallest absolute Gasteiger partial charge is 0.241 e. The second-order valence-electron chi connectivity index (χ2n) is 5.54. The van der Waals surface area contributed by atoms with Crippen LogP contribution < -0.4 is 0 Å². The van der Waals surface area contributed by atoms with E-state index in [9.17, 15) is 0 Å². The molecule has 4 nitrogen and oxygen atoms in total. The molecule has 0 saturated carbocycles. The van der Waals surface area contributed by atoms with Crippen molar-refractivity contribution in [1.82, 2.24) is 15.0 Å². The van der Waals surface area contributed by atoms with Crippen LogP contribution in [-0.4, -0.2) is 29.1 Å². The van der Waals surface area contributed by atoms with Crippen molar-refractivity contribution >= 4 is 0 Å². The average Bonchev–Trinajstić information content (AvgIpc) is 2.76. The highest BCUT2D eigenvalue weighted by Crippen LogP contribution is 2.18. The van der Waals surface area contributed by atoms with Crippen molar-refractivity contribution in [3.63, 3.8) is 0 Å². The molecule has 0 aliphatic heterocycles. The Morgan fingerprint density at radius 3 is 2.42 bits per heavy atom. The normalized spacial score (nSPS) is 11.5. The van der Waals surface area contributed by atoms with Gasteiger partial charge in [0.15, 0.2) is 0 Å². The van der Waals surface area contributed by atoms with E-state index >= 15 is 0 Å². The molecule has 102 valence electrons. The van der Waals surface area contributed by atoms with E-state index in [1.54, 1.807) is 0 Å². The third-order valence-corrected chi connectivity index (χ3v) is 2.78. The van der Waals surface area contributed by atoms with Crippen molar-refractivity contribution in [3.05, 3.63) is 35.7 Å². The maximum Gasteiger partial charge on any atom is 0.241 e. The average molecular weight is 259 g/mol. The highest BCUT2D eigenvalue weighted by molar-refractivity contribution is 5.54. The zero-order valence-corrected chi connectivity index (χ0v) is 12.1. The zero-order valence-electron chi connectivity index (χ0n) is 12.1. The van der Waals surface area contributed by atoms with E-state index in [-0.39, 0.29) is 0 Å². The van der Waals surface area contributed by atoms with Crippen LogP contribution in [0.15, 0.2) is 28.8 Å². The van der Waals surface area contributed by atoms with Crippen LogP contribution in [-0.2, 0) is 13.0 Å². The van der Waals surface area contributed by atoms with Gasteiger partial charge in [0.05, 0.1) is 6.54 Å². The first-order chi connectivity index (χ1) is 9.04. The van der Waals surface area contributed by atoms with E-state index in [4.69, 9.17) is 4.52 Å². The maximum atomic E-state index is 5.22. The van der Waals surface area contributed by atoms with Crippen LogP contribution in [0.3, 0.4) is 0 Å². The zero-order chi connectivity index (χ0) is 13.8. The Labute approximate surface area is 114 Å². The standard InChI is InChI=1S/C15H21N3O/c1-11(2)9-12-5-7-13(8-6-12)15-16-14(19-17-15)10-18(3)4/h5-8,11H,9-10H2,1-4H3. The molecule has 0 radical (unpaired) electrons. The predicted molar refractivity (Wildman–Crippen MR) is 75.7 cm³/mol. The first-order valence-corrected chi connectivity index (χ1v) is 6.61. The summed E-state index contributed by atoms with van der Waals surface area (Å²) in [5, 5.41) is 4.02. The second kappa shape index (κ2) is 5.97. The Morgan fingerprint density at radius 2 is 1.84 bits per heavy atom. The van der Waals surface area contributed by atoms with Crippen LogP contribution >= 0.6 is 0 Å². The first kappa shape index (κ1) is 13.7. The molecule has 0 N–H and O–H groups in total. The lowest BCUT2D eigenvalue weighted by Gasteiger charge is -2.04. The van der Waals surface area contributed by atoms with Gasteiger partial charge in [-0.1, -0.05) is 43.3 Å². The quantitative estimate of drug-likeness (QED) is 0.827. The van der Waals surface area contributed by atoms with Gasteiger partial charge >= 0.3 is 0 Å². The Balaban J connectivity index is 2.11. The van der Waals surface area contributed by atoms with Gasteiger partial charge in [-0.15, -0.1) is 0 Å². The molecule has 2 aromatic rings. The number of hydrogen-bond donors (Lipinski definition) is 0.